The van der Waals surface area contributed by atoms with Crippen molar-refractivity contribution >= 4 is 41.4 Å². The summed E-state index contributed by atoms with van der Waals surface area (Å²) < 4.78 is 6.86. The fourth-order valence-corrected chi connectivity index (χ4v) is 4.18. The summed E-state index contributed by atoms with van der Waals surface area (Å²) >= 11 is 6.15. The molecule has 0 radical (unpaired) electrons. The number of allylic oxidation sites excluding steroid dienone is 1. The highest BCUT2D eigenvalue weighted by Gasteiger charge is 2.34. The summed E-state index contributed by atoms with van der Waals surface area (Å²) in [6.07, 6.45) is 5.94. The molecule has 1 unspecified atom stereocenters. The second-order valence-electron chi connectivity index (χ2n) is 7.53. The molecule has 0 bridgehead atoms. The van der Waals surface area contributed by atoms with Crippen molar-refractivity contribution in [1.82, 2.24) is 9.78 Å². The molecule has 0 aliphatic carbocycles. The molecule has 0 fully saturated rings. The van der Waals surface area contributed by atoms with E-state index in [-0.39, 0.29) is 6.04 Å². The molecule has 2 aliphatic rings. The zero-order chi connectivity index (χ0) is 22.2. The summed E-state index contributed by atoms with van der Waals surface area (Å²) in [6, 6.07) is 17.6. The first-order valence-corrected chi connectivity index (χ1v) is 10.8. The van der Waals surface area contributed by atoms with Crippen molar-refractivity contribution in [2.75, 3.05) is 11.5 Å². The predicted molar refractivity (Wildman–Crippen MR) is 126 cm³/mol. The molecule has 5 rings (SSSR count). The normalized spacial score (nSPS) is 16.7. The van der Waals surface area contributed by atoms with E-state index in [2.05, 4.69) is 18.2 Å². The molecule has 2 aliphatic heterocycles. The molecule has 7 heteroatoms. The average Bonchev–Trinajstić information content (AvgIpc) is 3.14. The standard InChI is InChI=1S/C25H21ClN4O2/c1-3-32-25(31)23-20-13-17-15-27-21(16-7-5-4-6-8-16)14-22(17)30(24(20)28-29(23)2)19-11-9-18(26)10-12-19/h4-15,21H,3H2,1-2H3. The van der Waals surface area contributed by atoms with Gasteiger partial charge < -0.3 is 4.74 Å². The lowest BCUT2D eigenvalue weighted by Gasteiger charge is -2.32. The van der Waals surface area contributed by atoms with Gasteiger partial charge in [-0.05, 0) is 48.9 Å². The summed E-state index contributed by atoms with van der Waals surface area (Å²) in [6.45, 7) is 2.08. The van der Waals surface area contributed by atoms with Crippen LogP contribution in [0, 0.1) is 0 Å². The van der Waals surface area contributed by atoms with E-state index in [1.54, 1.807) is 18.7 Å². The van der Waals surface area contributed by atoms with Crippen LogP contribution >= 0.6 is 11.6 Å². The van der Waals surface area contributed by atoms with Gasteiger partial charge in [0.15, 0.2) is 11.5 Å². The highest BCUT2D eigenvalue weighted by molar-refractivity contribution is 6.30. The predicted octanol–water partition coefficient (Wildman–Crippen LogP) is 5.49. The summed E-state index contributed by atoms with van der Waals surface area (Å²) in [5, 5.41) is 5.35. The van der Waals surface area contributed by atoms with Gasteiger partial charge in [0.2, 0.25) is 0 Å². The van der Waals surface area contributed by atoms with Gasteiger partial charge in [-0.1, -0.05) is 41.9 Å². The Hall–Kier alpha value is -3.64. The molecule has 0 saturated carbocycles. The van der Waals surface area contributed by atoms with Gasteiger partial charge in [0.1, 0.15) is 0 Å². The lowest BCUT2D eigenvalue weighted by Crippen LogP contribution is -2.25. The third-order valence-electron chi connectivity index (χ3n) is 5.50. The Morgan fingerprint density at radius 1 is 1.12 bits per heavy atom. The van der Waals surface area contributed by atoms with Gasteiger partial charge in [0, 0.05) is 29.5 Å². The van der Waals surface area contributed by atoms with E-state index in [4.69, 9.17) is 26.4 Å². The van der Waals surface area contributed by atoms with Crippen molar-refractivity contribution in [3.63, 3.8) is 0 Å². The highest BCUT2D eigenvalue weighted by Crippen LogP contribution is 2.43. The third-order valence-corrected chi connectivity index (χ3v) is 5.75. The van der Waals surface area contributed by atoms with Crippen LogP contribution in [0.2, 0.25) is 5.02 Å². The number of carbonyl (C=O) groups is 1. The molecule has 2 aromatic carbocycles. The Morgan fingerprint density at radius 2 is 1.88 bits per heavy atom. The van der Waals surface area contributed by atoms with Crippen LogP contribution < -0.4 is 4.90 Å². The number of rotatable bonds is 4. The number of dihydropyridines is 1. The van der Waals surface area contributed by atoms with Crippen molar-refractivity contribution in [3.8, 4) is 0 Å². The van der Waals surface area contributed by atoms with Gasteiger partial charge in [-0.15, -0.1) is 0 Å². The first-order valence-electron chi connectivity index (χ1n) is 10.4. The third kappa shape index (κ3) is 3.42. The van der Waals surface area contributed by atoms with Crippen LogP contribution in [0.3, 0.4) is 0 Å². The number of aromatic nitrogens is 2. The van der Waals surface area contributed by atoms with Crippen molar-refractivity contribution in [2.45, 2.75) is 13.0 Å². The maximum Gasteiger partial charge on any atom is 0.357 e. The number of aliphatic imine (C=N–C) groups is 1. The van der Waals surface area contributed by atoms with Crippen LogP contribution in [-0.2, 0) is 11.8 Å². The number of halogens is 1. The van der Waals surface area contributed by atoms with E-state index < -0.39 is 5.97 Å². The molecule has 3 aromatic rings. The van der Waals surface area contributed by atoms with Crippen molar-refractivity contribution < 1.29 is 9.53 Å². The molecule has 1 aromatic heterocycles. The maximum absolute atomic E-state index is 12.7. The summed E-state index contributed by atoms with van der Waals surface area (Å²) in [4.78, 5) is 19.5. The Morgan fingerprint density at radius 3 is 2.59 bits per heavy atom. The molecule has 0 spiro atoms. The lowest BCUT2D eigenvalue weighted by molar-refractivity contribution is 0.0513. The Kier molecular flexibility index (Phi) is 5.15. The van der Waals surface area contributed by atoms with E-state index in [1.165, 1.54) is 0 Å². The smallest absolute Gasteiger partial charge is 0.357 e. The van der Waals surface area contributed by atoms with Crippen LogP contribution in [0.25, 0.3) is 6.08 Å². The van der Waals surface area contributed by atoms with Crippen molar-refractivity contribution in [1.29, 1.82) is 0 Å². The number of hydrogen-bond donors (Lipinski definition) is 0. The zero-order valence-electron chi connectivity index (χ0n) is 17.7. The Labute approximate surface area is 191 Å². The number of benzene rings is 2. The molecule has 3 heterocycles. The first-order chi connectivity index (χ1) is 15.6. The first kappa shape index (κ1) is 20.3. The molecule has 0 saturated heterocycles. The fourth-order valence-electron chi connectivity index (χ4n) is 4.05. The number of aryl methyl sites for hydroxylation is 1. The van der Waals surface area contributed by atoms with Crippen LogP contribution in [0.5, 0.6) is 0 Å². The second kappa shape index (κ2) is 8.13. The van der Waals surface area contributed by atoms with Gasteiger partial charge in [0.05, 0.1) is 23.9 Å². The molecule has 160 valence electrons. The quantitative estimate of drug-likeness (QED) is 0.499. The number of nitrogens with zero attached hydrogens (tertiary/aromatic N) is 4. The van der Waals surface area contributed by atoms with Crippen LogP contribution in [0.15, 0.2) is 76.9 Å². The van der Waals surface area contributed by atoms with Crippen molar-refractivity contribution in [2.24, 2.45) is 12.0 Å². The molecular formula is C25H21ClN4O2. The minimum absolute atomic E-state index is 0.118. The SMILES string of the molecule is CCOC(=O)c1c2c(nn1C)N(c1ccc(Cl)cc1)C1=CC(c3ccccc3)N=CC1=C2. The molecule has 32 heavy (non-hydrogen) atoms. The van der Waals surface area contributed by atoms with Gasteiger partial charge in [-0.3, -0.25) is 14.6 Å². The van der Waals surface area contributed by atoms with Crippen LogP contribution in [0.4, 0.5) is 11.5 Å². The maximum atomic E-state index is 12.7. The van der Waals surface area contributed by atoms with Gasteiger partial charge >= 0.3 is 5.97 Å². The average molecular weight is 445 g/mol. The molecule has 0 N–H and O–H groups in total. The van der Waals surface area contributed by atoms with Crippen LogP contribution in [-0.4, -0.2) is 28.6 Å². The van der Waals surface area contributed by atoms with Gasteiger partial charge in [-0.25, -0.2) is 4.79 Å². The Bertz CT molecular complexity index is 1270. The summed E-state index contributed by atoms with van der Waals surface area (Å²) in [7, 11) is 1.75. The van der Waals surface area contributed by atoms with Crippen LogP contribution in [0.1, 0.15) is 34.6 Å². The van der Waals surface area contributed by atoms with E-state index in [1.807, 2.05) is 59.7 Å². The van der Waals surface area contributed by atoms with E-state index in [9.17, 15) is 4.79 Å². The fraction of sp³-hybridized carbons (Fsp3) is 0.160. The number of ether oxygens (including phenoxy) is 1. The summed E-state index contributed by atoms with van der Waals surface area (Å²) in [5.74, 6) is 0.258. The number of anilines is 2. The van der Waals surface area contributed by atoms with Gasteiger partial charge in [-0.2, -0.15) is 5.10 Å². The number of esters is 1. The minimum atomic E-state index is -0.404. The molecule has 6 nitrogen and oxygen atoms in total. The van der Waals surface area contributed by atoms with E-state index >= 15 is 0 Å². The largest absolute Gasteiger partial charge is 0.461 e. The lowest BCUT2D eigenvalue weighted by atomic mass is 9.95. The molecule has 0 amide bonds. The second-order valence-corrected chi connectivity index (χ2v) is 7.96. The van der Waals surface area contributed by atoms with Gasteiger partial charge in [0.25, 0.3) is 0 Å². The highest BCUT2D eigenvalue weighted by atomic mass is 35.5. The monoisotopic (exact) mass is 444 g/mol. The van der Waals surface area contributed by atoms with Crippen molar-refractivity contribution in [3.05, 3.63) is 93.8 Å². The summed E-state index contributed by atoms with van der Waals surface area (Å²) in [5.41, 5.74) is 4.97. The minimum Gasteiger partial charge on any atom is -0.461 e. The Balaban J connectivity index is 1.69. The number of carbonyl (C=O) groups excluding carboxylic acids is 1. The van der Waals surface area contributed by atoms with E-state index in [0.717, 1.165) is 22.5 Å². The number of fused-ring (bicyclic) bond motifs is 2. The molecule has 1 atom stereocenters. The topological polar surface area (TPSA) is 59.7 Å². The zero-order valence-corrected chi connectivity index (χ0v) is 18.5. The number of hydrogen-bond acceptors (Lipinski definition) is 5. The van der Waals surface area contributed by atoms with E-state index in [0.29, 0.717) is 28.7 Å². The molecular weight excluding hydrogens is 424 g/mol.